The highest BCUT2D eigenvalue weighted by molar-refractivity contribution is 6.03. The SMILES string of the molecule is CC(=O)N1CCN(c2cccc(NC(=O)c3ccc[nH]3)c2)CC1. The number of carbonyl (C=O) groups excluding carboxylic acids is 2. The molecule has 0 bridgehead atoms. The molecule has 120 valence electrons. The van der Waals surface area contributed by atoms with Gasteiger partial charge >= 0.3 is 0 Å². The number of hydrogen-bond donors (Lipinski definition) is 2. The van der Waals surface area contributed by atoms with Gasteiger partial charge in [-0.1, -0.05) is 6.07 Å². The number of carbonyl (C=O) groups is 2. The first kappa shape index (κ1) is 15.1. The minimum atomic E-state index is -0.159. The standard InChI is InChI=1S/C17H20N4O2/c1-13(22)20-8-10-21(11-9-20)15-5-2-4-14(12-15)19-17(23)16-6-3-7-18-16/h2-7,12,18H,8-11H2,1H3,(H,19,23). The lowest BCUT2D eigenvalue weighted by atomic mass is 10.2. The number of anilines is 2. The molecule has 0 aliphatic carbocycles. The molecule has 2 heterocycles. The molecule has 0 radical (unpaired) electrons. The Morgan fingerprint density at radius 1 is 1.09 bits per heavy atom. The molecule has 1 aliphatic heterocycles. The molecule has 0 atom stereocenters. The summed E-state index contributed by atoms with van der Waals surface area (Å²) in [5.74, 6) is -0.0369. The van der Waals surface area contributed by atoms with Crippen molar-refractivity contribution in [3.8, 4) is 0 Å². The summed E-state index contributed by atoms with van der Waals surface area (Å²) in [6.07, 6.45) is 1.72. The third-order valence-corrected chi connectivity index (χ3v) is 4.04. The molecule has 1 aliphatic rings. The summed E-state index contributed by atoms with van der Waals surface area (Å²) in [5, 5.41) is 2.89. The van der Waals surface area contributed by atoms with Crippen LogP contribution in [0.2, 0.25) is 0 Å². The first-order valence-corrected chi connectivity index (χ1v) is 7.69. The van der Waals surface area contributed by atoms with Crippen molar-refractivity contribution in [2.45, 2.75) is 6.92 Å². The molecule has 6 nitrogen and oxygen atoms in total. The first-order valence-electron chi connectivity index (χ1n) is 7.69. The van der Waals surface area contributed by atoms with Gasteiger partial charge in [0, 0.05) is 50.7 Å². The van der Waals surface area contributed by atoms with Gasteiger partial charge in [0.25, 0.3) is 5.91 Å². The minimum Gasteiger partial charge on any atom is -0.368 e. The average Bonchev–Trinajstić information content (AvgIpc) is 3.10. The van der Waals surface area contributed by atoms with Gasteiger partial charge in [-0.05, 0) is 30.3 Å². The van der Waals surface area contributed by atoms with E-state index < -0.39 is 0 Å². The third kappa shape index (κ3) is 3.53. The number of aromatic amines is 1. The van der Waals surface area contributed by atoms with Crippen molar-refractivity contribution in [1.29, 1.82) is 0 Å². The van der Waals surface area contributed by atoms with Crippen molar-refractivity contribution in [2.75, 3.05) is 36.4 Å². The molecule has 6 heteroatoms. The van der Waals surface area contributed by atoms with Crippen LogP contribution in [0.1, 0.15) is 17.4 Å². The van der Waals surface area contributed by atoms with E-state index in [0.29, 0.717) is 5.69 Å². The molecular weight excluding hydrogens is 292 g/mol. The minimum absolute atomic E-state index is 0.122. The molecule has 1 saturated heterocycles. The molecule has 1 fully saturated rings. The number of piperazine rings is 1. The summed E-state index contributed by atoms with van der Waals surface area (Å²) in [4.78, 5) is 30.4. The predicted octanol–water partition coefficient (Wildman–Crippen LogP) is 1.94. The lowest BCUT2D eigenvalue weighted by molar-refractivity contribution is -0.129. The van der Waals surface area contributed by atoms with Crippen LogP contribution < -0.4 is 10.2 Å². The van der Waals surface area contributed by atoms with E-state index in [4.69, 9.17) is 0 Å². The Bertz CT molecular complexity index is 688. The lowest BCUT2D eigenvalue weighted by Gasteiger charge is -2.35. The van der Waals surface area contributed by atoms with E-state index in [-0.39, 0.29) is 11.8 Å². The van der Waals surface area contributed by atoms with Gasteiger partial charge in [-0.25, -0.2) is 0 Å². The van der Waals surface area contributed by atoms with Gasteiger partial charge in [-0.3, -0.25) is 9.59 Å². The molecule has 23 heavy (non-hydrogen) atoms. The Morgan fingerprint density at radius 3 is 2.52 bits per heavy atom. The van der Waals surface area contributed by atoms with Crippen molar-refractivity contribution < 1.29 is 9.59 Å². The summed E-state index contributed by atoms with van der Waals surface area (Å²) in [5.41, 5.74) is 2.35. The summed E-state index contributed by atoms with van der Waals surface area (Å²) >= 11 is 0. The Hall–Kier alpha value is -2.76. The normalized spacial score (nSPS) is 14.7. The van der Waals surface area contributed by atoms with Crippen molar-refractivity contribution in [3.63, 3.8) is 0 Å². The van der Waals surface area contributed by atoms with Crippen LogP contribution in [0.3, 0.4) is 0 Å². The quantitative estimate of drug-likeness (QED) is 0.910. The maximum absolute atomic E-state index is 12.1. The fraction of sp³-hybridized carbons (Fsp3) is 0.294. The number of amides is 2. The molecule has 0 spiro atoms. The number of rotatable bonds is 3. The van der Waals surface area contributed by atoms with Crippen molar-refractivity contribution in [2.24, 2.45) is 0 Å². The van der Waals surface area contributed by atoms with E-state index >= 15 is 0 Å². The van der Waals surface area contributed by atoms with Gasteiger partial charge < -0.3 is 20.1 Å². The second-order valence-corrected chi connectivity index (χ2v) is 5.58. The van der Waals surface area contributed by atoms with Crippen molar-refractivity contribution >= 4 is 23.2 Å². The Labute approximate surface area is 135 Å². The fourth-order valence-corrected chi connectivity index (χ4v) is 2.73. The van der Waals surface area contributed by atoms with E-state index in [9.17, 15) is 9.59 Å². The third-order valence-electron chi connectivity index (χ3n) is 4.04. The smallest absolute Gasteiger partial charge is 0.272 e. The highest BCUT2D eigenvalue weighted by Crippen LogP contribution is 2.21. The van der Waals surface area contributed by atoms with E-state index in [1.165, 1.54) is 0 Å². The zero-order valence-electron chi connectivity index (χ0n) is 13.1. The zero-order valence-corrected chi connectivity index (χ0v) is 13.1. The number of nitrogens with zero attached hydrogens (tertiary/aromatic N) is 2. The molecule has 3 rings (SSSR count). The maximum atomic E-state index is 12.1. The second-order valence-electron chi connectivity index (χ2n) is 5.58. The van der Waals surface area contributed by atoms with E-state index in [0.717, 1.165) is 37.6 Å². The summed E-state index contributed by atoms with van der Waals surface area (Å²) in [6.45, 7) is 4.66. The first-order chi connectivity index (χ1) is 11.1. The number of benzene rings is 1. The van der Waals surface area contributed by atoms with Crippen molar-refractivity contribution in [1.82, 2.24) is 9.88 Å². The Morgan fingerprint density at radius 2 is 1.87 bits per heavy atom. The lowest BCUT2D eigenvalue weighted by Crippen LogP contribution is -2.48. The highest BCUT2D eigenvalue weighted by atomic mass is 16.2. The molecule has 1 aromatic carbocycles. The fourth-order valence-electron chi connectivity index (χ4n) is 2.73. The van der Waals surface area contributed by atoms with E-state index in [1.54, 1.807) is 25.3 Å². The predicted molar refractivity (Wildman–Crippen MR) is 89.7 cm³/mol. The summed E-state index contributed by atoms with van der Waals surface area (Å²) in [6, 6.07) is 11.3. The summed E-state index contributed by atoms with van der Waals surface area (Å²) in [7, 11) is 0. The number of hydrogen-bond acceptors (Lipinski definition) is 3. The van der Waals surface area contributed by atoms with Gasteiger partial charge in [-0.2, -0.15) is 0 Å². The largest absolute Gasteiger partial charge is 0.368 e. The van der Waals surface area contributed by atoms with Crippen molar-refractivity contribution in [3.05, 3.63) is 48.3 Å². The number of nitrogens with one attached hydrogen (secondary N) is 2. The molecule has 1 aromatic heterocycles. The van der Waals surface area contributed by atoms with Gasteiger partial charge in [-0.15, -0.1) is 0 Å². The Kier molecular flexibility index (Phi) is 4.32. The molecule has 2 amide bonds. The topological polar surface area (TPSA) is 68.4 Å². The van der Waals surface area contributed by atoms with Crippen LogP contribution in [0.4, 0.5) is 11.4 Å². The molecular formula is C17H20N4O2. The molecule has 0 unspecified atom stereocenters. The van der Waals surface area contributed by atoms with Crippen LogP contribution in [0, 0.1) is 0 Å². The average molecular weight is 312 g/mol. The van der Waals surface area contributed by atoms with Gasteiger partial charge in [0.15, 0.2) is 0 Å². The Balaban J connectivity index is 1.66. The van der Waals surface area contributed by atoms with Crippen LogP contribution in [0.5, 0.6) is 0 Å². The van der Waals surface area contributed by atoms with Gasteiger partial charge in [0.05, 0.1) is 0 Å². The van der Waals surface area contributed by atoms with E-state index in [1.807, 2.05) is 29.2 Å². The highest BCUT2D eigenvalue weighted by Gasteiger charge is 2.19. The van der Waals surface area contributed by atoms with Crippen LogP contribution in [0.25, 0.3) is 0 Å². The van der Waals surface area contributed by atoms with Gasteiger partial charge in [0.2, 0.25) is 5.91 Å². The van der Waals surface area contributed by atoms with E-state index in [2.05, 4.69) is 15.2 Å². The molecule has 2 aromatic rings. The molecule has 2 N–H and O–H groups in total. The van der Waals surface area contributed by atoms with Crippen LogP contribution in [-0.2, 0) is 4.79 Å². The van der Waals surface area contributed by atoms with Crippen LogP contribution in [-0.4, -0.2) is 47.9 Å². The number of H-pyrrole nitrogens is 1. The number of aromatic nitrogens is 1. The van der Waals surface area contributed by atoms with Gasteiger partial charge in [0.1, 0.15) is 5.69 Å². The second kappa shape index (κ2) is 6.56. The maximum Gasteiger partial charge on any atom is 0.272 e. The van der Waals surface area contributed by atoms with Crippen LogP contribution >= 0.6 is 0 Å². The van der Waals surface area contributed by atoms with Crippen LogP contribution in [0.15, 0.2) is 42.6 Å². The zero-order chi connectivity index (χ0) is 16.2. The monoisotopic (exact) mass is 312 g/mol. The molecule has 0 saturated carbocycles. The summed E-state index contributed by atoms with van der Waals surface area (Å²) < 4.78 is 0.